The normalized spacial score (nSPS) is 19.3. The fourth-order valence-corrected chi connectivity index (χ4v) is 3.66. The second-order valence-electron chi connectivity index (χ2n) is 7.66. The van der Waals surface area contributed by atoms with Crippen molar-refractivity contribution in [2.24, 2.45) is 0 Å². The lowest BCUT2D eigenvalue weighted by atomic mass is 10.1. The van der Waals surface area contributed by atoms with Crippen LogP contribution in [0.5, 0.6) is 0 Å². The van der Waals surface area contributed by atoms with Crippen molar-refractivity contribution in [3.63, 3.8) is 0 Å². The van der Waals surface area contributed by atoms with Gasteiger partial charge < -0.3 is 30.1 Å². The second kappa shape index (κ2) is 10.0. The molecule has 2 heterocycles. The maximum absolute atomic E-state index is 12.6. The quantitative estimate of drug-likeness (QED) is 0.492. The predicted molar refractivity (Wildman–Crippen MR) is 112 cm³/mol. The van der Waals surface area contributed by atoms with Gasteiger partial charge in [0.15, 0.2) is 0 Å². The van der Waals surface area contributed by atoms with E-state index in [1.54, 1.807) is 12.1 Å². The summed E-state index contributed by atoms with van der Waals surface area (Å²) in [5.41, 5.74) is 1.80. The zero-order chi connectivity index (χ0) is 21.7. The molecule has 2 aliphatic heterocycles. The molecule has 0 radical (unpaired) electrons. The molecule has 1 fully saturated rings. The lowest BCUT2D eigenvalue weighted by Gasteiger charge is -2.33. The van der Waals surface area contributed by atoms with Crippen LogP contribution in [0.4, 0.5) is 5.69 Å². The van der Waals surface area contributed by atoms with Crippen molar-refractivity contribution < 1.29 is 24.5 Å². The Morgan fingerprint density at radius 1 is 1.20 bits per heavy atom. The summed E-state index contributed by atoms with van der Waals surface area (Å²) < 4.78 is 4.79. The maximum Gasteiger partial charge on any atom is 0.337 e. The van der Waals surface area contributed by atoms with E-state index < -0.39 is 12.1 Å². The Labute approximate surface area is 176 Å². The van der Waals surface area contributed by atoms with Crippen LogP contribution in [0.2, 0.25) is 0 Å². The number of carbonyl (C=O) groups is 2. The molecule has 1 aromatic rings. The molecule has 1 aromatic carbocycles. The van der Waals surface area contributed by atoms with Gasteiger partial charge in [0, 0.05) is 45.0 Å². The van der Waals surface area contributed by atoms with Gasteiger partial charge >= 0.3 is 5.97 Å². The van der Waals surface area contributed by atoms with E-state index >= 15 is 0 Å². The van der Waals surface area contributed by atoms with E-state index in [1.165, 1.54) is 12.0 Å². The average Bonchev–Trinajstić information content (AvgIpc) is 3.05. The van der Waals surface area contributed by atoms with E-state index in [2.05, 4.69) is 22.2 Å². The highest BCUT2D eigenvalue weighted by atomic mass is 16.5. The Hall–Kier alpha value is -2.46. The van der Waals surface area contributed by atoms with Crippen LogP contribution in [0.3, 0.4) is 0 Å². The fraction of sp³-hybridized carbons (Fsp3) is 0.524. The largest absolute Gasteiger partial charge is 0.466 e. The minimum Gasteiger partial charge on any atom is -0.466 e. The Morgan fingerprint density at radius 3 is 2.47 bits per heavy atom. The first-order valence-corrected chi connectivity index (χ1v) is 10.1. The summed E-state index contributed by atoms with van der Waals surface area (Å²) in [6, 6.07) is 7.16. The molecule has 9 heteroatoms. The van der Waals surface area contributed by atoms with Gasteiger partial charge in [-0.15, -0.1) is 0 Å². The number of anilines is 1. The summed E-state index contributed by atoms with van der Waals surface area (Å²) in [4.78, 5) is 30.6. The molecule has 1 amide bonds. The van der Waals surface area contributed by atoms with E-state index in [-0.39, 0.29) is 36.9 Å². The molecule has 2 aliphatic rings. The molecule has 3 N–H and O–H groups in total. The van der Waals surface area contributed by atoms with Gasteiger partial charge in [0.2, 0.25) is 0 Å². The highest BCUT2D eigenvalue weighted by molar-refractivity contribution is 6.08. The van der Waals surface area contributed by atoms with Crippen molar-refractivity contribution >= 4 is 17.6 Å². The van der Waals surface area contributed by atoms with Gasteiger partial charge in [0.1, 0.15) is 5.70 Å². The van der Waals surface area contributed by atoms with Crippen molar-refractivity contribution in [3.05, 3.63) is 41.1 Å². The van der Waals surface area contributed by atoms with Gasteiger partial charge in [0.25, 0.3) is 5.91 Å². The number of likely N-dealkylation sites (N-methyl/N-ethyl adjacent to an activating group) is 1. The molecule has 0 aromatic heterocycles. The number of nitrogens with one attached hydrogen (secondary N) is 1. The highest BCUT2D eigenvalue weighted by Crippen LogP contribution is 2.24. The van der Waals surface area contributed by atoms with Gasteiger partial charge in [-0.1, -0.05) is 12.1 Å². The minimum atomic E-state index is -0.597. The first-order valence-electron chi connectivity index (χ1n) is 10.1. The highest BCUT2D eigenvalue weighted by Gasteiger charge is 2.34. The number of hydrogen-bond donors (Lipinski definition) is 3. The SMILES string of the molecule is COC(=O)C1=C(Nc2ccc(C(O)CN3CCN(C)CC3)cc2)C(=O)N(CCO)C1. The number of piperazine rings is 1. The number of nitrogens with zero attached hydrogens (tertiary/aromatic N) is 3. The molecular formula is C21H30N4O5. The molecule has 1 saturated heterocycles. The number of benzene rings is 1. The molecule has 9 nitrogen and oxygen atoms in total. The van der Waals surface area contributed by atoms with E-state index in [0.29, 0.717) is 12.2 Å². The number of esters is 1. The molecule has 0 spiro atoms. The number of β-amino-alcohol motifs (C(OH)–C–C–N with tert-alkyl or cyclic N) is 2. The van der Waals surface area contributed by atoms with Crippen LogP contribution in [-0.4, -0.2) is 103 Å². The number of methoxy groups -OCH3 is 1. The zero-order valence-electron chi connectivity index (χ0n) is 17.5. The molecule has 164 valence electrons. The maximum atomic E-state index is 12.6. The number of amides is 1. The third kappa shape index (κ3) is 5.17. The van der Waals surface area contributed by atoms with Crippen molar-refractivity contribution in [2.45, 2.75) is 6.10 Å². The van der Waals surface area contributed by atoms with Gasteiger partial charge in [-0.05, 0) is 24.7 Å². The second-order valence-corrected chi connectivity index (χ2v) is 7.66. The number of rotatable bonds is 8. The minimum absolute atomic E-state index is 0.0935. The summed E-state index contributed by atoms with van der Waals surface area (Å²) in [6.07, 6.45) is -0.597. The van der Waals surface area contributed by atoms with Crippen molar-refractivity contribution in [1.29, 1.82) is 0 Å². The average molecular weight is 418 g/mol. The number of aliphatic hydroxyl groups is 2. The lowest BCUT2D eigenvalue weighted by molar-refractivity contribution is -0.136. The number of hydrogen-bond acceptors (Lipinski definition) is 8. The summed E-state index contributed by atoms with van der Waals surface area (Å²) >= 11 is 0. The molecule has 1 unspecified atom stereocenters. The van der Waals surface area contributed by atoms with Crippen molar-refractivity contribution in [1.82, 2.24) is 14.7 Å². The van der Waals surface area contributed by atoms with Crippen LogP contribution in [0, 0.1) is 0 Å². The van der Waals surface area contributed by atoms with E-state index in [0.717, 1.165) is 31.7 Å². The first-order chi connectivity index (χ1) is 14.4. The monoisotopic (exact) mass is 418 g/mol. The van der Waals surface area contributed by atoms with Crippen LogP contribution in [0.25, 0.3) is 0 Å². The smallest absolute Gasteiger partial charge is 0.337 e. The molecule has 1 atom stereocenters. The molecule has 30 heavy (non-hydrogen) atoms. The molecular weight excluding hydrogens is 388 g/mol. The molecule has 0 saturated carbocycles. The van der Waals surface area contributed by atoms with E-state index in [1.807, 2.05) is 12.1 Å². The standard InChI is InChI=1S/C21H30N4O5/c1-23-7-9-24(10-8-23)14-18(27)15-3-5-16(6-4-15)22-19-17(21(29)30-2)13-25(11-12-26)20(19)28/h3-6,18,22,26-27H,7-14H2,1-2H3. The van der Waals surface area contributed by atoms with Gasteiger partial charge in [-0.2, -0.15) is 0 Å². The van der Waals surface area contributed by atoms with Gasteiger partial charge in [0.05, 0.1) is 31.9 Å². The van der Waals surface area contributed by atoms with Crippen LogP contribution < -0.4 is 5.32 Å². The summed E-state index contributed by atoms with van der Waals surface area (Å²) in [5, 5.41) is 22.7. The van der Waals surface area contributed by atoms with E-state index in [4.69, 9.17) is 9.84 Å². The summed E-state index contributed by atoms with van der Waals surface area (Å²) in [6.45, 7) is 4.48. The number of carbonyl (C=O) groups excluding carboxylic acids is 2. The van der Waals surface area contributed by atoms with Crippen molar-refractivity contribution in [3.8, 4) is 0 Å². The first kappa shape index (κ1) is 22.2. The Morgan fingerprint density at radius 2 is 1.87 bits per heavy atom. The van der Waals surface area contributed by atoms with Crippen molar-refractivity contribution in [2.75, 3.05) is 71.9 Å². The molecule has 3 rings (SSSR count). The third-order valence-electron chi connectivity index (χ3n) is 5.55. The third-order valence-corrected chi connectivity index (χ3v) is 5.55. The molecule has 0 aliphatic carbocycles. The van der Waals surface area contributed by atoms with Crippen LogP contribution in [-0.2, 0) is 14.3 Å². The molecule has 0 bridgehead atoms. The fourth-order valence-electron chi connectivity index (χ4n) is 3.66. The van der Waals surface area contributed by atoms with Gasteiger partial charge in [-0.3, -0.25) is 9.69 Å². The van der Waals surface area contributed by atoms with Crippen LogP contribution in [0.1, 0.15) is 11.7 Å². The van der Waals surface area contributed by atoms with Crippen LogP contribution >= 0.6 is 0 Å². The number of ether oxygens (including phenoxy) is 1. The Kier molecular flexibility index (Phi) is 7.43. The zero-order valence-corrected chi connectivity index (χ0v) is 17.5. The predicted octanol–water partition coefficient (Wildman–Crippen LogP) is -0.359. The summed E-state index contributed by atoms with van der Waals surface area (Å²) in [7, 11) is 3.36. The Balaban J connectivity index is 1.66. The number of aliphatic hydroxyl groups excluding tert-OH is 2. The van der Waals surface area contributed by atoms with Gasteiger partial charge in [-0.25, -0.2) is 4.79 Å². The topological polar surface area (TPSA) is 106 Å². The Bertz CT molecular complexity index is 787. The summed E-state index contributed by atoms with van der Waals surface area (Å²) in [5.74, 6) is -0.936. The van der Waals surface area contributed by atoms with Crippen LogP contribution in [0.15, 0.2) is 35.5 Å². The lowest BCUT2D eigenvalue weighted by Crippen LogP contribution is -2.45. The van der Waals surface area contributed by atoms with E-state index in [9.17, 15) is 14.7 Å².